The van der Waals surface area contributed by atoms with E-state index >= 15 is 0 Å². The van der Waals surface area contributed by atoms with Crippen molar-refractivity contribution in [2.24, 2.45) is 11.8 Å². The minimum absolute atomic E-state index is 0.805. The van der Waals surface area contributed by atoms with Crippen molar-refractivity contribution in [1.82, 2.24) is 0 Å². The maximum atomic E-state index is 5.80. The van der Waals surface area contributed by atoms with Crippen molar-refractivity contribution < 1.29 is 4.74 Å². The molecule has 0 amide bonds. The number of ether oxygens (including phenoxy) is 1. The fraction of sp³-hybridized carbons (Fsp3) is 0.824. The molecule has 0 radical (unpaired) electrons. The van der Waals surface area contributed by atoms with Gasteiger partial charge in [0.1, 0.15) is 0 Å². The second-order valence-electron chi connectivity index (χ2n) is 5.60. The maximum Gasteiger partial charge on any atom is 0.256 e. The smallest absolute Gasteiger partial charge is 0.193 e. The van der Waals surface area contributed by atoms with E-state index in [1.54, 1.807) is 0 Å². The van der Waals surface area contributed by atoms with Gasteiger partial charge in [-0.25, -0.2) is 0 Å². The van der Waals surface area contributed by atoms with E-state index in [4.69, 9.17) is 4.74 Å². The molecule has 1 saturated carbocycles. The van der Waals surface area contributed by atoms with E-state index in [0.29, 0.717) is 0 Å². The average Bonchev–Trinajstić information content (AvgIpc) is 3.03. The van der Waals surface area contributed by atoms with Gasteiger partial charge in [0.05, 0.1) is 6.61 Å². The zero-order valence-corrected chi connectivity index (χ0v) is 11.8. The molecule has 2 unspecified atom stereocenters. The summed E-state index contributed by atoms with van der Waals surface area (Å²) in [5.41, 5.74) is 0. The maximum absolute atomic E-state index is 5.80. The van der Waals surface area contributed by atoms with Crippen LogP contribution in [0.3, 0.4) is 0 Å². The Morgan fingerprint density at radius 1 is 0.889 bits per heavy atom. The van der Waals surface area contributed by atoms with E-state index in [9.17, 15) is 0 Å². The van der Waals surface area contributed by atoms with Crippen molar-refractivity contribution in [1.29, 1.82) is 0 Å². The molecule has 2 rings (SSSR count). The van der Waals surface area contributed by atoms with Crippen LogP contribution in [0.25, 0.3) is 0 Å². The third-order valence-electron chi connectivity index (χ3n) is 4.18. The second kappa shape index (κ2) is 7.74. The Kier molecular flexibility index (Phi) is 5.94. The quantitative estimate of drug-likeness (QED) is 0.507. The van der Waals surface area contributed by atoms with E-state index in [1.165, 1.54) is 57.5 Å². The van der Waals surface area contributed by atoms with Crippen LogP contribution in [0.15, 0.2) is 0 Å². The van der Waals surface area contributed by atoms with Crippen LogP contribution < -0.4 is 0 Å². The van der Waals surface area contributed by atoms with Gasteiger partial charge < -0.3 is 0 Å². The van der Waals surface area contributed by atoms with Crippen LogP contribution in [0.2, 0.25) is 0 Å². The molecule has 100 valence electrons. The average molecular weight is 247 g/mol. The van der Waals surface area contributed by atoms with Gasteiger partial charge in [-0.15, -0.1) is 11.8 Å². The minimum Gasteiger partial charge on any atom is -0.193 e. The first-order chi connectivity index (χ1) is 8.93. The Morgan fingerprint density at radius 3 is 1.94 bits per heavy atom. The first kappa shape index (κ1) is 13.8. The van der Waals surface area contributed by atoms with Crippen molar-refractivity contribution in [3.8, 4) is 11.8 Å². The summed E-state index contributed by atoms with van der Waals surface area (Å²) in [6.45, 7) is 2.97. The molecular formula is C17H27O+. The lowest BCUT2D eigenvalue weighted by molar-refractivity contribution is 0.185. The van der Waals surface area contributed by atoms with Crippen LogP contribution in [0.5, 0.6) is 0 Å². The summed E-state index contributed by atoms with van der Waals surface area (Å²) >= 11 is 0. The highest BCUT2D eigenvalue weighted by Gasteiger charge is 2.65. The van der Waals surface area contributed by atoms with Crippen LogP contribution in [-0.4, -0.2) is 6.61 Å². The van der Waals surface area contributed by atoms with Crippen molar-refractivity contribution in [2.75, 3.05) is 6.61 Å². The minimum atomic E-state index is 0.805. The molecule has 18 heavy (non-hydrogen) atoms. The lowest BCUT2D eigenvalue weighted by Gasteiger charge is -1.97. The zero-order chi connectivity index (χ0) is 12.6. The van der Waals surface area contributed by atoms with E-state index in [0.717, 1.165) is 31.3 Å². The Hall–Kier alpha value is -0.610. The summed E-state index contributed by atoms with van der Waals surface area (Å²) in [5.74, 6) is 8.23. The molecule has 0 aromatic rings. The van der Waals surface area contributed by atoms with Gasteiger partial charge in [-0.2, -0.15) is 4.74 Å². The molecule has 1 heteroatoms. The summed E-state index contributed by atoms with van der Waals surface area (Å²) < 4.78 is 5.80. The van der Waals surface area contributed by atoms with Gasteiger partial charge in [0.2, 0.25) is 0 Å². The lowest BCUT2D eigenvalue weighted by Crippen LogP contribution is -1.89. The van der Waals surface area contributed by atoms with Gasteiger partial charge in [0.15, 0.2) is 11.8 Å². The highest BCUT2D eigenvalue weighted by atomic mass is 16.5. The molecule has 0 aromatic heterocycles. The third kappa shape index (κ3) is 4.25. The van der Waals surface area contributed by atoms with Crippen LogP contribution >= 0.6 is 0 Å². The standard InChI is InChI=1S/C17H27O/c1-2-18-17-15-13-11-9-7-5-3-4-6-8-10-12-14-16(15)17/h15-16H,2,5-14H2,1H3/q+1. The molecular weight excluding hydrogens is 220 g/mol. The Bertz CT molecular complexity index is 262. The van der Waals surface area contributed by atoms with Gasteiger partial charge in [-0.05, 0) is 45.4 Å². The predicted molar refractivity (Wildman–Crippen MR) is 75.8 cm³/mol. The monoisotopic (exact) mass is 247 g/mol. The van der Waals surface area contributed by atoms with E-state index in [-0.39, 0.29) is 0 Å². The molecule has 0 bridgehead atoms. The molecule has 1 nitrogen and oxygen atoms in total. The van der Waals surface area contributed by atoms with Gasteiger partial charge in [0, 0.05) is 12.8 Å². The first-order valence-electron chi connectivity index (χ1n) is 7.88. The first-order valence-corrected chi connectivity index (χ1v) is 7.88. The molecule has 1 fully saturated rings. The van der Waals surface area contributed by atoms with Gasteiger partial charge in [-0.1, -0.05) is 12.8 Å². The summed E-state index contributed by atoms with van der Waals surface area (Å²) in [6, 6.07) is 0. The Labute approximate surface area is 113 Å². The molecule has 0 aliphatic heterocycles. The molecule has 0 heterocycles. The zero-order valence-electron chi connectivity index (χ0n) is 11.8. The molecule has 0 saturated heterocycles. The predicted octanol–water partition coefficient (Wildman–Crippen LogP) is 4.72. The largest absolute Gasteiger partial charge is 0.256 e. The summed E-state index contributed by atoms with van der Waals surface area (Å²) in [6.07, 6.45) is 14.3. The van der Waals surface area contributed by atoms with Crippen LogP contribution in [0.4, 0.5) is 0 Å². The lowest BCUT2D eigenvalue weighted by atomic mass is 10.0. The normalized spacial score (nSPS) is 29.7. The second-order valence-corrected chi connectivity index (χ2v) is 5.60. The highest BCUT2D eigenvalue weighted by molar-refractivity contribution is 5.14. The fourth-order valence-corrected chi connectivity index (χ4v) is 3.10. The summed E-state index contributed by atoms with van der Waals surface area (Å²) in [7, 11) is 0. The van der Waals surface area contributed by atoms with Crippen molar-refractivity contribution in [3.05, 3.63) is 6.10 Å². The van der Waals surface area contributed by atoms with E-state index in [1.807, 2.05) is 0 Å². The summed E-state index contributed by atoms with van der Waals surface area (Å²) in [4.78, 5) is 0. The highest BCUT2D eigenvalue weighted by Crippen LogP contribution is 2.54. The molecule has 0 aromatic carbocycles. The van der Waals surface area contributed by atoms with E-state index < -0.39 is 0 Å². The molecule has 0 N–H and O–H groups in total. The summed E-state index contributed by atoms with van der Waals surface area (Å²) in [5, 5.41) is 0. The van der Waals surface area contributed by atoms with Crippen LogP contribution in [0.1, 0.15) is 71.1 Å². The SMILES string of the molecule is CCO[C+]1C2CCCCCC#CCCCCCC12. The number of hydrogen-bond acceptors (Lipinski definition) is 1. The van der Waals surface area contributed by atoms with Crippen molar-refractivity contribution in [2.45, 2.75) is 71.1 Å². The van der Waals surface area contributed by atoms with E-state index in [2.05, 4.69) is 18.8 Å². The number of hydrogen-bond donors (Lipinski definition) is 0. The Balaban J connectivity index is 1.76. The Morgan fingerprint density at radius 2 is 1.44 bits per heavy atom. The number of rotatable bonds is 2. The van der Waals surface area contributed by atoms with Gasteiger partial charge >= 0.3 is 0 Å². The number of fused-ring (bicyclic) bond motifs is 1. The topological polar surface area (TPSA) is 9.23 Å². The van der Waals surface area contributed by atoms with Crippen LogP contribution in [0, 0.1) is 29.8 Å². The molecule has 2 aliphatic carbocycles. The fourth-order valence-electron chi connectivity index (χ4n) is 3.10. The van der Waals surface area contributed by atoms with Gasteiger partial charge in [-0.3, -0.25) is 0 Å². The third-order valence-corrected chi connectivity index (χ3v) is 4.18. The molecule has 2 atom stereocenters. The van der Waals surface area contributed by atoms with Crippen molar-refractivity contribution in [3.63, 3.8) is 0 Å². The van der Waals surface area contributed by atoms with Gasteiger partial charge in [0.25, 0.3) is 6.10 Å². The molecule has 2 aliphatic rings. The van der Waals surface area contributed by atoms with Crippen LogP contribution in [-0.2, 0) is 4.74 Å². The van der Waals surface area contributed by atoms with Crippen molar-refractivity contribution >= 4 is 0 Å². The molecule has 0 spiro atoms.